The number of fused-ring (bicyclic) bond motifs is 1. The molecule has 150 valence electrons. The van der Waals surface area contributed by atoms with E-state index < -0.39 is 6.09 Å². The summed E-state index contributed by atoms with van der Waals surface area (Å²) < 4.78 is 9.79. The molecule has 0 fully saturated rings. The lowest BCUT2D eigenvalue weighted by atomic mass is 10.1. The Kier molecular flexibility index (Phi) is 6.36. The average Bonchev–Trinajstić information content (AvgIpc) is 2.69. The maximum absolute atomic E-state index is 12.6. The molecule has 29 heavy (non-hydrogen) atoms. The normalized spacial score (nSPS) is 10.6. The van der Waals surface area contributed by atoms with E-state index in [0.29, 0.717) is 29.1 Å². The number of benzene rings is 2. The van der Waals surface area contributed by atoms with Gasteiger partial charge < -0.3 is 14.8 Å². The third-order valence-corrected chi connectivity index (χ3v) is 4.22. The number of carbonyl (C=O) groups excluding carboxylic acids is 2. The van der Waals surface area contributed by atoms with Crippen molar-refractivity contribution in [2.45, 2.75) is 13.8 Å². The van der Waals surface area contributed by atoms with Crippen LogP contribution in [0.25, 0.3) is 11.0 Å². The zero-order valence-electron chi connectivity index (χ0n) is 16.5. The lowest BCUT2D eigenvalue weighted by molar-refractivity contribution is 0.102. The monoisotopic (exact) mass is 394 g/mol. The number of rotatable bonds is 6. The topological polar surface area (TPSA) is 102 Å². The molecule has 0 radical (unpaired) electrons. The highest BCUT2D eigenvalue weighted by molar-refractivity contribution is 6.06. The molecule has 8 nitrogen and oxygen atoms in total. The summed E-state index contributed by atoms with van der Waals surface area (Å²) in [7, 11) is 1.53. The average molecular weight is 394 g/mol. The van der Waals surface area contributed by atoms with E-state index in [1.54, 1.807) is 42.5 Å². The van der Waals surface area contributed by atoms with Crippen molar-refractivity contribution in [3.8, 4) is 0 Å². The molecule has 0 saturated carbocycles. The van der Waals surface area contributed by atoms with Crippen molar-refractivity contribution in [1.82, 2.24) is 9.97 Å². The SMILES string of the molecule is COCCOC(=O)Nc1cccc(NC(=O)c2ccc3nc(C)c(C)nc3c2)c1. The van der Waals surface area contributed by atoms with Gasteiger partial charge in [0.25, 0.3) is 5.91 Å². The molecule has 0 bridgehead atoms. The first-order valence-electron chi connectivity index (χ1n) is 9.05. The fourth-order valence-corrected chi connectivity index (χ4v) is 2.62. The zero-order valence-corrected chi connectivity index (χ0v) is 16.5. The highest BCUT2D eigenvalue weighted by Crippen LogP contribution is 2.18. The number of carbonyl (C=O) groups is 2. The Morgan fingerprint density at radius 1 is 0.897 bits per heavy atom. The van der Waals surface area contributed by atoms with Crippen LogP contribution in [-0.4, -0.2) is 42.3 Å². The fourth-order valence-electron chi connectivity index (χ4n) is 2.62. The highest BCUT2D eigenvalue weighted by Gasteiger charge is 2.10. The van der Waals surface area contributed by atoms with Crippen LogP contribution in [0.3, 0.4) is 0 Å². The van der Waals surface area contributed by atoms with Gasteiger partial charge in [-0.05, 0) is 50.2 Å². The number of aryl methyl sites for hydroxylation is 2. The largest absolute Gasteiger partial charge is 0.447 e. The number of anilines is 2. The summed E-state index contributed by atoms with van der Waals surface area (Å²) in [5.74, 6) is -0.285. The first kappa shape index (κ1) is 20.2. The third-order valence-electron chi connectivity index (χ3n) is 4.22. The lowest BCUT2D eigenvalue weighted by Gasteiger charge is -2.10. The molecular weight excluding hydrogens is 372 g/mol. The van der Waals surface area contributed by atoms with E-state index in [2.05, 4.69) is 20.6 Å². The second-order valence-electron chi connectivity index (χ2n) is 6.39. The Morgan fingerprint density at radius 2 is 1.59 bits per heavy atom. The molecule has 8 heteroatoms. The van der Waals surface area contributed by atoms with Crippen LogP contribution in [0.1, 0.15) is 21.7 Å². The van der Waals surface area contributed by atoms with Crippen LogP contribution < -0.4 is 10.6 Å². The van der Waals surface area contributed by atoms with Gasteiger partial charge in [-0.25, -0.2) is 14.8 Å². The molecule has 1 heterocycles. The smallest absolute Gasteiger partial charge is 0.411 e. The standard InChI is InChI=1S/C21H22N4O4/c1-13-14(2)23-19-11-15(7-8-18(19)22-13)20(26)24-16-5-4-6-17(12-16)25-21(27)29-10-9-28-3/h4-8,11-12H,9-10H2,1-3H3,(H,24,26)(H,25,27). The van der Waals surface area contributed by atoms with Crippen LogP contribution in [0, 0.1) is 13.8 Å². The van der Waals surface area contributed by atoms with Crippen LogP contribution in [0.5, 0.6) is 0 Å². The van der Waals surface area contributed by atoms with Crippen LogP contribution in [0.15, 0.2) is 42.5 Å². The van der Waals surface area contributed by atoms with Crippen molar-refractivity contribution < 1.29 is 19.1 Å². The Morgan fingerprint density at radius 3 is 2.31 bits per heavy atom. The Bertz CT molecular complexity index is 1050. The molecule has 2 N–H and O–H groups in total. The summed E-state index contributed by atoms with van der Waals surface area (Å²) in [5, 5.41) is 5.42. The summed E-state index contributed by atoms with van der Waals surface area (Å²) in [6.07, 6.45) is -0.593. The van der Waals surface area contributed by atoms with Crippen molar-refractivity contribution in [3.05, 3.63) is 59.4 Å². The molecule has 3 rings (SSSR count). The van der Waals surface area contributed by atoms with E-state index in [1.165, 1.54) is 7.11 Å². The van der Waals surface area contributed by atoms with Gasteiger partial charge in [0.1, 0.15) is 6.61 Å². The van der Waals surface area contributed by atoms with Gasteiger partial charge >= 0.3 is 6.09 Å². The van der Waals surface area contributed by atoms with Crippen molar-refractivity contribution >= 4 is 34.4 Å². The molecule has 0 unspecified atom stereocenters. The van der Waals surface area contributed by atoms with Gasteiger partial charge in [0, 0.05) is 24.0 Å². The molecule has 0 aliphatic carbocycles. The van der Waals surface area contributed by atoms with E-state index in [0.717, 1.165) is 16.9 Å². The summed E-state index contributed by atoms with van der Waals surface area (Å²) in [6.45, 7) is 4.26. The van der Waals surface area contributed by atoms with Gasteiger partial charge in [0.05, 0.1) is 29.0 Å². The highest BCUT2D eigenvalue weighted by atomic mass is 16.6. The van der Waals surface area contributed by atoms with E-state index in [9.17, 15) is 9.59 Å². The molecule has 0 saturated heterocycles. The summed E-state index contributed by atoms with van der Waals surface area (Å²) in [5.41, 5.74) is 4.59. The predicted molar refractivity (Wildman–Crippen MR) is 110 cm³/mol. The maximum atomic E-state index is 12.6. The van der Waals surface area contributed by atoms with E-state index in [-0.39, 0.29) is 12.5 Å². The molecule has 0 aliphatic rings. The van der Waals surface area contributed by atoms with Crippen molar-refractivity contribution in [2.24, 2.45) is 0 Å². The predicted octanol–water partition coefficient (Wildman–Crippen LogP) is 3.69. The molecular formula is C21H22N4O4. The summed E-state index contributed by atoms with van der Waals surface area (Å²) >= 11 is 0. The summed E-state index contributed by atoms with van der Waals surface area (Å²) in [6, 6.07) is 12.0. The Labute approximate surface area is 168 Å². The van der Waals surface area contributed by atoms with Gasteiger partial charge in [0.2, 0.25) is 0 Å². The zero-order chi connectivity index (χ0) is 20.8. The van der Waals surface area contributed by atoms with Gasteiger partial charge in [-0.2, -0.15) is 0 Å². The van der Waals surface area contributed by atoms with Crippen LogP contribution in [0.2, 0.25) is 0 Å². The van der Waals surface area contributed by atoms with Gasteiger partial charge in [-0.15, -0.1) is 0 Å². The molecule has 2 aromatic carbocycles. The number of amides is 2. The van der Waals surface area contributed by atoms with Crippen molar-refractivity contribution in [3.63, 3.8) is 0 Å². The number of hydrogen-bond acceptors (Lipinski definition) is 6. The minimum Gasteiger partial charge on any atom is -0.447 e. The van der Waals surface area contributed by atoms with E-state index >= 15 is 0 Å². The van der Waals surface area contributed by atoms with E-state index in [4.69, 9.17) is 9.47 Å². The lowest BCUT2D eigenvalue weighted by Crippen LogP contribution is -2.17. The molecule has 3 aromatic rings. The number of methoxy groups -OCH3 is 1. The van der Waals surface area contributed by atoms with Gasteiger partial charge in [-0.1, -0.05) is 6.07 Å². The van der Waals surface area contributed by atoms with E-state index in [1.807, 2.05) is 13.8 Å². The molecule has 1 aromatic heterocycles. The number of nitrogens with zero attached hydrogens (tertiary/aromatic N) is 2. The second kappa shape index (κ2) is 9.11. The number of aromatic nitrogens is 2. The minimum atomic E-state index is -0.593. The summed E-state index contributed by atoms with van der Waals surface area (Å²) in [4.78, 5) is 33.3. The van der Waals surface area contributed by atoms with Crippen molar-refractivity contribution in [1.29, 1.82) is 0 Å². The third kappa shape index (κ3) is 5.26. The van der Waals surface area contributed by atoms with Crippen LogP contribution in [-0.2, 0) is 9.47 Å². The minimum absolute atomic E-state index is 0.155. The van der Waals surface area contributed by atoms with Gasteiger partial charge in [-0.3, -0.25) is 10.1 Å². The first-order chi connectivity index (χ1) is 14.0. The Hall–Kier alpha value is -3.52. The molecule has 2 amide bonds. The first-order valence-corrected chi connectivity index (χ1v) is 9.05. The second-order valence-corrected chi connectivity index (χ2v) is 6.39. The van der Waals surface area contributed by atoms with Crippen LogP contribution in [0.4, 0.5) is 16.2 Å². The number of hydrogen-bond donors (Lipinski definition) is 2. The Balaban J connectivity index is 1.69. The van der Waals surface area contributed by atoms with Crippen molar-refractivity contribution in [2.75, 3.05) is 31.0 Å². The fraction of sp³-hybridized carbons (Fsp3) is 0.238. The molecule has 0 atom stereocenters. The molecule has 0 aliphatic heterocycles. The number of ether oxygens (including phenoxy) is 2. The number of nitrogens with one attached hydrogen (secondary N) is 2. The molecule has 0 spiro atoms. The quantitative estimate of drug-likeness (QED) is 0.618. The van der Waals surface area contributed by atoms with Gasteiger partial charge in [0.15, 0.2) is 0 Å². The van der Waals surface area contributed by atoms with Crippen LogP contribution >= 0.6 is 0 Å². The maximum Gasteiger partial charge on any atom is 0.411 e.